The fourth-order valence-corrected chi connectivity index (χ4v) is 2.14. The number of aromatic nitrogens is 1. The van der Waals surface area contributed by atoms with E-state index >= 15 is 0 Å². The molecule has 1 atom stereocenters. The molecule has 5 nitrogen and oxygen atoms in total. The van der Waals surface area contributed by atoms with Gasteiger partial charge in [-0.3, -0.25) is 20.1 Å². The lowest BCUT2D eigenvalue weighted by Crippen LogP contribution is -2.50. The Kier molecular flexibility index (Phi) is 5.25. The third-order valence-corrected chi connectivity index (χ3v) is 2.87. The molecule has 0 saturated carbocycles. The summed E-state index contributed by atoms with van der Waals surface area (Å²) in [6.07, 6.45) is 0. The van der Waals surface area contributed by atoms with Crippen LogP contribution in [0, 0.1) is 12.8 Å². The summed E-state index contributed by atoms with van der Waals surface area (Å²) in [7, 11) is 1.91. The van der Waals surface area contributed by atoms with E-state index in [9.17, 15) is 4.79 Å². The number of amides is 1. The Morgan fingerprint density at radius 1 is 1.50 bits per heavy atom. The molecule has 1 heterocycles. The minimum Gasteiger partial charge on any atom is -0.293 e. The van der Waals surface area contributed by atoms with Crippen molar-refractivity contribution in [2.45, 2.75) is 33.4 Å². The van der Waals surface area contributed by atoms with E-state index in [0.717, 1.165) is 11.4 Å². The van der Waals surface area contributed by atoms with Crippen LogP contribution in [0.3, 0.4) is 0 Å². The first-order valence-corrected chi connectivity index (χ1v) is 6.09. The van der Waals surface area contributed by atoms with Gasteiger partial charge in [-0.2, -0.15) is 0 Å². The molecule has 0 fully saturated rings. The van der Waals surface area contributed by atoms with Crippen LogP contribution in [0.5, 0.6) is 0 Å². The molecule has 0 aliphatic rings. The van der Waals surface area contributed by atoms with Crippen LogP contribution >= 0.6 is 0 Å². The lowest BCUT2D eigenvalue weighted by molar-refractivity contribution is -0.127. The van der Waals surface area contributed by atoms with Gasteiger partial charge in [0.2, 0.25) is 0 Å². The van der Waals surface area contributed by atoms with E-state index in [4.69, 9.17) is 5.84 Å². The van der Waals surface area contributed by atoms with Gasteiger partial charge in [-0.25, -0.2) is 5.84 Å². The van der Waals surface area contributed by atoms with Crippen LogP contribution in [0.1, 0.15) is 25.2 Å². The normalized spacial score (nSPS) is 12.8. The number of carbonyl (C=O) groups excluding carboxylic acids is 1. The third-order valence-electron chi connectivity index (χ3n) is 2.87. The van der Waals surface area contributed by atoms with Gasteiger partial charge in [0.15, 0.2) is 0 Å². The topological polar surface area (TPSA) is 71.2 Å². The zero-order valence-electron chi connectivity index (χ0n) is 11.5. The summed E-state index contributed by atoms with van der Waals surface area (Å²) >= 11 is 0. The maximum absolute atomic E-state index is 11.8. The number of hydrazine groups is 1. The van der Waals surface area contributed by atoms with Gasteiger partial charge < -0.3 is 0 Å². The lowest BCUT2D eigenvalue weighted by atomic mass is 10.0. The van der Waals surface area contributed by atoms with E-state index in [-0.39, 0.29) is 17.9 Å². The molecule has 1 amide bonds. The highest BCUT2D eigenvalue weighted by atomic mass is 16.2. The Morgan fingerprint density at radius 3 is 2.67 bits per heavy atom. The summed E-state index contributed by atoms with van der Waals surface area (Å²) in [5.74, 6) is 5.24. The molecule has 0 aromatic carbocycles. The van der Waals surface area contributed by atoms with Gasteiger partial charge in [0.25, 0.3) is 5.91 Å². The predicted octanol–water partition coefficient (Wildman–Crippen LogP) is 0.836. The number of likely N-dealkylation sites (N-methyl/N-ethyl adjacent to an activating group) is 1. The molecule has 0 aliphatic carbocycles. The average Bonchev–Trinajstić information content (AvgIpc) is 2.28. The number of rotatable bonds is 5. The average molecular weight is 250 g/mol. The fourth-order valence-electron chi connectivity index (χ4n) is 2.14. The third kappa shape index (κ3) is 3.78. The maximum Gasteiger partial charge on any atom is 0.251 e. The zero-order valence-corrected chi connectivity index (χ0v) is 11.5. The van der Waals surface area contributed by atoms with Crippen molar-refractivity contribution >= 4 is 5.91 Å². The Labute approximate surface area is 108 Å². The molecule has 1 aromatic rings. The van der Waals surface area contributed by atoms with Gasteiger partial charge >= 0.3 is 0 Å². The molecule has 1 aromatic heterocycles. The van der Waals surface area contributed by atoms with Crippen LogP contribution < -0.4 is 11.3 Å². The van der Waals surface area contributed by atoms with E-state index in [1.54, 1.807) is 0 Å². The summed E-state index contributed by atoms with van der Waals surface area (Å²) in [4.78, 5) is 18.2. The molecule has 1 rings (SSSR count). The van der Waals surface area contributed by atoms with E-state index in [2.05, 4.69) is 10.4 Å². The van der Waals surface area contributed by atoms with Crippen LogP contribution in [-0.2, 0) is 11.3 Å². The molecule has 100 valence electrons. The Hall–Kier alpha value is -1.46. The van der Waals surface area contributed by atoms with Crippen LogP contribution in [0.15, 0.2) is 18.2 Å². The second-order valence-electron chi connectivity index (χ2n) is 4.88. The summed E-state index contributed by atoms with van der Waals surface area (Å²) in [6, 6.07) is 5.63. The molecule has 5 heteroatoms. The summed E-state index contributed by atoms with van der Waals surface area (Å²) in [5.41, 5.74) is 4.15. The van der Waals surface area contributed by atoms with Crippen molar-refractivity contribution in [2.24, 2.45) is 11.8 Å². The molecule has 18 heavy (non-hydrogen) atoms. The van der Waals surface area contributed by atoms with Gasteiger partial charge in [0.1, 0.15) is 0 Å². The van der Waals surface area contributed by atoms with Crippen molar-refractivity contribution in [1.82, 2.24) is 15.3 Å². The Morgan fingerprint density at radius 2 is 2.17 bits per heavy atom. The van der Waals surface area contributed by atoms with Crippen molar-refractivity contribution in [2.75, 3.05) is 7.05 Å². The van der Waals surface area contributed by atoms with E-state index in [1.165, 1.54) is 0 Å². The monoisotopic (exact) mass is 250 g/mol. The smallest absolute Gasteiger partial charge is 0.251 e. The second-order valence-corrected chi connectivity index (χ2v) is 4.88. The van der Waals surface area contributed by atoms with Gasteiger partial charge in [-0.15, -0.1) is 0 Å². The van der Waals surface area contributed by atoms with Gasteiger partial charge in [0.05, 0.1) is 11.7 Å². The molecule has 0 bridgehead atoms. The van der Waals surface area contributed by atoms with Crippen molar-refractivity contribution in [1.29, 1.82) is 0 Å². The molecular weight excluding hydrogens is 228 g/mol. The van der Waals surface area contributed by atoms with E-state index in [0.29, 0.717) is 6.54 Å². The number of carbonyl (C=O) groups is 1. The summed E-state index contributed by atoms with van der Waals surface area (Å²) < 4.78 is 0. The summed E-state index contributed by atoms with van der Waals surface area (Å²) in [5, 5.41) is 0. The minimum absolute atomic E-state index is 0.167. The van der Waals surface area contributed by atoms with Crippen LogP contribution in [0.25, 0.3) is 0 Å². The number of aryl methyl sites for hydroxylation is 1. The second kappa shape index (κ2) is 6.47. The van der Waals surface area contributed by atoms with Crippen LogP contribution in [-0.4, -0.2) is 28.9 Å². The van der Waals surface area contributed by atoms with Crippen molar-refractivity contribution < 1.29 is 4.79 Å². The number of nitrogens with one attached hydrogen (secondary N) is 1. The molecule has 0 saturated heterocycles. The van der Waals surface area contributed by atoms with Crippen molar-refractivity contribution in [3.8, 4) is 0 Å². The fraction of sp³-hybridized carbons (Fsp3) is 0.538. The zero-order chi connectivity index (χ0) is 13.7. The number of nitrogens with zero attached hydrogens (tertiary/aromatic N) is 2. The first-order chi connectivity index (χ1) is 8.45. The van der Waals surface area contributed by atoms with Crippen LogP contribution in [0.4, 0.5) is 0 Å². The first-order valence-electron chi connectivity index (χ1n) is 6.09. The quantitative estimate of drug-likeness (QED) is 0.461. The number of pyridine rings is 1. The standard InChI is InChI=1S/C13H22N4O/c1-9(2)12(13(18)16-14)17(4)8-11-7-5-6-10(3)15-11/h5-7,9,12H,8,14H2,1-4H3,(H,16,18). The predicted molar refractivity (Wildman–Crippen MR) is 71.4 cm³/mol. The highest BCUT2D eigenvalue weighted by Gasteiger charge is 2.26. The Balaban J connectivity index is 2.78. The summed E-state index contributed by atoms with van der Waals surface area (Å²) in [6.45, 7) is 6.58. The van der Waals surface area contributed by atoms with Gasteiger partial charge in [-0.1, -0.05) is 19.9 Å². The molecule has 1 unspecified atom stereocenters. The van der Waals surface area contributed by atoms with Crippen LogP contribution in [0.2, 0.25) is 0 Å². The van der Waals surface area contributed by atoms with Gasteiger partial charge in [-0.05, 0) is 32.0 Å². The molecule has 0 aliphatic heterocycles. The SMILES string of the molecule is Cc1cccc(CN(C)C(C(=O)NN)C(C)C)n1. The lowest BCUT2D eigenvalue weighted by Gasteiger charge is -2.29. The van der Waals surface area contributed by atoms with Crippen molar-refractivity contribution in [3.63, 3.8) is 0 Å². The number of hydrogen-bond acceptors (Lipinski definition) is 4. The molecule has 3 N–H and O–H groups in total. The molecular formula is C13H22N4O. The highest BCUT2D eigenvalue weighted by Crippen LogP contribution is 2.12. The molecule has 0 spiro atoms. The van der Waals surface area contributed by atoms with E-state index < -0.39 is 0 Å². The van der Waals surface area contributed by atoms with Crippen molar-refractivity contribution in [3.05, 3.63) is 29.6 Å². The molecule has 0 radical (unpaired) electrons. The first kappa shape index (κ1) is 14.6. The Bertz CT molecular complexity index is 406. The van der Waals surface area contributed by atoms with Gasteiger partial charge in [0, 0.05) is 12.2 Å². The number of hydrogen-bond donors (Lipinski definition) is 2. The maximum atomic E-state index is 11.8. The highest BCUT2D eigenvalue weighted by molar-refractivity contribution is 5.81. The number of nitrogens with two attached hydrogens (primary N) is 1. The van der Waals surface area contributed by atoms with E-state index in [1.807, 2.05) is 50.9 Å². The minimum atomic E-state index is -0.252. The largest absolute Gasteiger partial charge is 0.293 e.